The van der Waals surface area contributed by atoms with Crippen molar-refractivity contribution in [2.45, 2.75) is 18.5 Å². The third kappa shape index (κ3) is 2.27. The van der Waals surface area contributed by atoms with Gasteiger partial charge in [0, 0.05) is 0 Å². The minimum Gasteiger partial charge on any atom is -0.505 e. The van der Waals surface area contributed by atoms with E-state index in [1.54, 1.807) is 0 Å². The van der Waals surface area contributed by atoms with Gasteiger partial charge in [0.15, 0.2) is 5.75 Å². The molecule has 1 heterocycles. The van der Waals surface area contributed by atoms with Crippen LogP contribution in [0.5, 0.6) is 5.75 Å². The molecule has 0 unspecified atom stereocenters. The van der Waals surface area contributed by atoms with Gasteiger partial charge in [0.2, 0.25) is 0 Å². The van der Waals surface area contributed by atoms with Gasteiger partial charge >= 0.3 is 0 Å². The molecule has 7 nitrogen and oxygen atoms in total. The van der Waals surface area contributed by atoms with Crippen LogP contribution in [0.15, 0.2) is 35.3 Å². The number of hydrogen-bond donors (Lipinski definition) is 4. The first-order valence-corrected chi connectivity index (χ1v) is 6.49. The predicted octanol–water partition coefficient (Wildman–Crippen LogP) is -0.170. The van der Waals surface area contributed by atoms with Crippen LogP contribution >= 0.6 is 0 Å². The molecule has 21 heavy (non-hydrogen) atoms. The number of aromatic nitrogens is 2. The van der Waals surface area contributed by atoms with Crippen molar-refractivity contribution in [3.05, 3.63) is 57.5 Å². The number of H-pyrrole nitrogens is 1. The Hall–Kier alpha value is -2.67. The number of hydrogen-bond acceptors (Lipinski definition) is 5. The highest BCUT2D eigenvalue weighted by molar-refractivity contribution is 5.96. The van der Waals surface area contributed by atoms with E-state index in [4.69, 9.17) is 5.73 Å². The van der Waals surface area contributed by atoms with E-state index >= 15 is 0 Å². The summed E-state index contributed by atoms with van der Waals surface area (Å²) in [6.45, 7) is 0. The van der Waals surface area contributed by atoms with E-state index in [-0.39, 0.29) is 17.6 Å². The van der Waals surface area contributed by atoms with E-state index in [1.165, 1.54) is 0 Å². The van der Waals surface area contributed by atoms with Crippen LogP contribution in [0.2, 0.25) is 0 Å². The molecule has 0 fully saturated rings. The normalized spacial score (nSPS) is 20.0. The fourth-order valence-electron chi connectivity index (χ4n) is 2.62. The summed E-state index contributed by atoms with van der Waals surface area (Å²) in [4.78, 5) is 23.7. The number of benzene rings is 1. The molecule has 1 aromatic carbocycles. The first-order chi connectivity index (χ1) is 10.1. The van der Waals surface area contributed by atoms with Crippen molar-refractivity contribution in [3.8, 4) is 5.75 Å². The lowest BCUT2D eigenvalue weighted by Gasteiger charge is -2.17. The molecule has 0 radical (unpaired) electrons. The molecule has 108 valence electrons. The Bertz CT molecular complexity index is 756. The summed E-state index contributed by atoms with van der Waals surface area (Å²) in [6.07, 6.45) is 1.60. The van der Waals surface area contributed by atoms with Gasteiger partial charge in [-0.15, -0.1) is 0 Å². The van der Waals surface area contributed by atoms with Crippen molar-refractivity contribution in [1.29, 1.82) is 0 Å². The molecule has 0 saturated carbocycles. The number of aromatic amines is 1. The Balaban J connectivity index is 1.83. The summed E-state index contributed by atoms with van der Waals surface area (Å²) >= 11 is 0. The van der Waals surface area contributed by atoms with Gasteiger partial charge < -0.3 is 16.2 Å². The minimum absolute atomic E-state index is 0.318. The van der Waals surface area contributed by atoms with Crippen LogP contribution in [0, 0.1) is 0 Å². The zero-order chi connectivity index (χ0) is 15.0. The highest BCUT2D eigenvalue weighted by Gasteiger charge is 2.31. The van der Waals surface area contributed by atoms with Gasteiger partial charge in [-0.2, -0.15) is 5.10 Å². The van der Waals surface area contributed by atoms with Gasteiger partial charge in [-0.3, -0.25) is 9.59 Å². The molecule has 2 atom stereocenters. The maximum absolute atomic E-state index is 12.2. The monoisotopic (exact) mass is 286 g/mol. The van der Waals surface area contributed by atoms with Gasteiger partial charge in [0.05, 0.1) is 18.3 Å². The van der Waals surface area contributed by atoms with Crippen LogP contribution in [-0.4, -0.2) is 27.3 Å². The Morgan fingerprint density at radius 1 is 1.43 bits per heavy atom. The fraction of sp³-hybridized carbons (Fsp3) is 0.214. The molecule has 3 rings (SSSR count). The van der Waals surface area contributed by atoms with E-state index in [0.29, 0.717) is 6.42 Å². The van der Waals surface area contributed by atoms with Crippen LogP contribution in [0.25, 0.3) is 0 Å². The topological polar surface area (TPSA) is 121 Å². The van der Waals surface area contributed by atoms with E-state index in [0.717, 1.165) is 17.3 Å². The Kier molecular flexibility index (Phi) is 3.19. The minimum atomic E-state index is -0.739. The standard InChI is InChI=1S/C14H14N4O3/c15-12-8-4-2-1-3-7(8)5-9(12)17-13(20)11-10(19)6-16-18-14(11)21/h1-4,6,9,12H,5,15H2,(H,17,20)(H2,18,19,21)/t9-,12-/m1/s1. The lowest BCUT2D eigenvalue weighted by molar-refractivity contribution is 0.0928. The van der Waals surface area contributed by atoms with Crippen molar-refractivity contribution < 1.29 is 9.90 Å². The van der Waals surface area contributed by atoms with Gasteiger partial charge in [-0.1, -0.05) is 24.3 Å². The number of rotatable bonds is 2. The first kappa shape index (κ1) is 13.3. The lowest BCUT2D eigenvalue weighted by Crippen LogP contribution is -2.42. The van der Waals surface area contributed by atoms with Crippen molar-refractivity contribution in [1.82, 2.24) is 15.5 Å². The van der Waals surface area contributed by atoms with Crippen LogP contribution in [-0.2, 0) is 6.42 Å². The summed E-state index contributed by atoms with van der Waals surface area (Å²) in [5, 5.41) is 17.8. The first-order valence-electron chi connectivity index (χ1n) is 6.49. The number of fused-ring (bicyclic) bond motifs is 1. The molecule has 0 bridgehead atoms. The largest absolute Gasteiger partial charge is 0.505 e. The number of nitrogens with zero attached hydrogens (tertiary/aromatic N) is 1. The quantitative estimate of drug-likeness (QED) is 0.610. The highest BCUT2D eigenvalue weighted by Crippen LogP contribution is 2.29. The molecule has 1 aliphatic rings. The summed E-state index contributed by atoms with van der Waals surface area (Å²) in [5.74, 6) is -1.12. The molecule has 1 amide bonds. The van der Waals surface area contributed by atoms with Crippen LogP contribution < -0.4 is 16.6 Å². The van der Waals surface area contributed by atoms with Crippen molar-refractivity contribution in [3.63, 3.8) is 0 Å². The van der Waals surface area contributed by atoms with E-state index in [2.05, 4.69) is 15.5 Å². The van der Waals surface area contributed by atoms with Crippen molar-refractivity contribution >= 4 is 5.91 Å². The van der Waals surface area contributed by atoms with Crippen molar-refractivity contribution in [2.75, 3.05) is 0 Å². The van der Waals surface area contributed by atoms with Gasteiger partial charge in [0.1, 0.15) is 5.56 Å². The summed E-state index contributed by atoms with van der Waals surface area (Å²) < 4.78 is 0. The Labute approximate surface area is 119 Å². The zero-order valence-electron chi connectivity index (χ0n) is 11.0. The van der Waals surface area contributed by atoms with Crippen LogP contribution in [0.4, 0.5) is 0 Å². The van der Waals surface area contributed by atoms with Crippen LogP contribution in [0.1, 0.15) is 27.5 Å². The average Bonchev–Trinajstić information content (AvgIpc) is 2.76. The number of amides is 1. The zero-order valence-corrected chi connectivity index (χ0v) is 11.0. The molecule has 7 heteroatoms. The number of nitrogens with one attached hydrogen (secondary N) is 2. The smallest absolute Gasteiger partial charge is 0.280 e. The molecule has 0 spiro atoms. The molecular weight excluding hydrogens is 272 g/mol. The molecule has 0 saturated heterocycles. The van der Waals surface area contributed by atoms with Gasteiger partial charge in [-0.25, -0.2) is 5.10 Å². The van der Waals surface area contributed by atoms with E-state index in [1.807, 2.05) is 24.3 Å². The fourth-order valence-corrected chi connectivity index (χ4v) is 2.62. The lowest BCUT2D eigenvalue weighted by atomic mass is 10.1. The average molecular weight is 286 g/mol. The third-order valence-electron chi connectivity index (χ3n) is 3.67. The summed E-state index contributed by atoms with van der Waals surface area (Å²) in [7, 11) is 0. The highest BCUT2D eigenvalue weighted by atomic mass is 16.3. The van der Waals surface area contributed by atoms with Gasteiger partial charge in [0.25, 0.3) is 11.5 Å². The molecule has 2 aromatic rings. The molecular formula is C14H14N4O3. The Morgan fingerprint density at radius 3 is 2.90 bits per heavy atom. The number of carbonyl (C=O) groups excluding carboxylic acids is 1. The second-order valence-corrected chi connectivity index (χ2v) is 4.97. The molecule has 0 aliphatic heterocycles. The SMILES string of the molecule is N[C@@H]1c2ccccc2C[C@H]1NC(=O)c1c(O)cn[nH]c1=O. The maximum Gasteiger partial charge on any atom is 0.280 e. The Morgan fingerprint density at radius 2 is 2.19 bits per heavy atom. The number of carbonyl (C=O) groups is 1. The maximum atomic E-state index is 12.2. The second kappa shape index (κ2) is 5.02. The van der Waals surface area contributed by atoms with E-state index in [9.17, 15) is 14.7 Å². The van der Waals surface area contributed by atoms with Gasteiger partial charge in [-0.05, 0) is 17.5 Å². The summed E-state index contributed by atoms with van der Waals surface area (Å²) in [6, 6.07) is 7.02. The second-order valence-electron chi connectivity index (χ2n) is 4.97. The molecule has 1 aromatic heterocycles. The van der Waals surface area contributed by atoms with Crippen molar-refractivity contribution in [2.24, 2.45) is 5.73 Å². The third-order valence-corrected chi connectivity index (χ3v) is 3.67. The molecule has 1 aliphatic carbocycles. The van der Waals surface area contributed by atoms with Crippen LogP contribution in [0.3, 0.4) is 0 Å². The van der Waals surface area contributed by atoms with E-state index < -0.39 is 17.2 Å². The predicted molar refractivity (Wildman–Crippen MR) is 74.9 cm³/mol. The number of nitrogens with two attached hydrogens (primary N) is 1. The summed E-state index contributed by atoms with van der Waals surface area (Å²) in [5.41, 5.74) is 7.08. The number of aromatic hydroxyl groups is 1. The molecule has 5 N–H and O–H groups in total.